The summed E-state index contributed by atoms with van der Waals surface area (Å²) in [6.07, 6.45) is 2.54. The van der Waals surface area contributed by atoms with E-state index >= 15 is 0 Å². The first-order chi connectivity index (χ1) is 10.3. The van der Waals surface area contributed by atoms with Crippen LogP contribution >= 0.6 is 22.9 Å². The molecule has 2 unspecified atom stereocenters. The van der Waals surface area contributed by atoms with Crippen molar-refractivity contribution in [3.8, 4) is 0 Å². The van der Waals surface area contributed by atoms with Crippen LogP contribution in [0.2, 0.25) is 5.02 Å². The first kappa shape index (κ1) is 12.9. The number of hydrogen-bond donors (Lipinski definition) is 1. The zero-order valence-corrected chi connectivity index (χ0v) is 12.7. The molecular formula is C15H13ClN4S. The van der Waals surface area contributed by atoms with Crippen molar-refractivity contribution in [2.24, 2.45) is 0 Å². The van der Waals surface area contributed by atoms with Crippen molar-refractivity contribution >= 4 is 28.9 Å². The van der Waals surface area contributed by atoms with Gasteiger partial charge in [-0.15, -0.1) is 11.3 Å². The Kier molecular flexibility index (Phi) is 3.16. The van der Waals surface area contributed by atoms with E-state index in [9.17, 15) is 0 Å². The molecule has 2 atom stereocenters. The second kappa shape index (κ2) is 5.16. The lowest BCUT2D eigenvalue weighted by Crippen LogP contribution is -2.27. The maximum absolute atomic E-state index is 5.99. The van der Waals surface area contributed by atoms with Crippen molar-refractivity contribution < 1.29 is 0 Å². The molecule has 0 bridgehead atoms. The van der Waals surface area contributed by atoms with Gasteiger partial charge in [-0.05, 0) is 35.6 Å². The number of aromatic nitrogens is 3. The van der Waals surface area contributed by atoms with Gasteiger partial charge in [0.15, 0.2) is 0 Å². The fourth-order valence-electron chi connectivity index (χ4n) is 2.76. The van der Waals surface area contributed by atoms with Gasteiger partial charge in [-0.1, -0.05) is 29.8 Å². The molecule has 4 nitrogen and oxygen atoms in total. The van der Waals surface area contributed by atoms with E-state index in [1.807, 2.05) is 16.8 Å². The highest BCUT2D eigenvalue weighted by Crippen LogP contribution is 2.38. The van der Waals surface area contributed by atoms with Crippen LogP contribution in [0.15, 0.2) is 48.1 Å². The number of fused-ring (bicyclic) bond motifs is 1. The molecule has 0 aliphatic carbocycles. The van der Waals surface area contributed by atoms with E-state index in [1.54, 1.807) is 17.7 Å². The van der Waals surface area contributed by atoms with Gasteiger partial charge in [-0.25, -0.2) is 4.68 Å². The lowest BCUT2D eigenvalue weighted by Gasteiger charge is -2.31. The largest absolute Gasteiger partial charge is 0.347 e. The van der Waals surface area contributed by atoms with Gasteiger partial charge in [-0.2, -0.15) is 10.1 Å². The molecule has 4 rings (SSSR count). The average Bonchev–Trinajstić information content (AvgIpc) is 3.18. The van der Waals surface area contributed by atoms with Crippen LogP contribution in [0.5, 0.6) is 0 Å². The number of halogens is 1. The van der Waals surface area contributed by atoms with Crippen molar-refractivity contribution in [3.63, 3.8) is 0 Å². The van der Waals surface area contributed by atoms with Gasteiger partial charge in [-0.3, -0.25) is 0 Å². The van der Waals surface area contributed by atoms with E-state index in [4.69, 9.17) is 11.6 Å². The Morgan fingerprint density at radius 1 is 1.24 bits per heavy atom. The zero-order valence-electron chi connectivity index (χ0n) is 11.1. The highest BCUT2D eigenvalue weighted by Gasteiger charge is 2.30. The summed E-state index contributed by atoms with van der Waals surface area (Å²) < 4.78 is 1.95. The summed E-state index contributed by atoms with van der Waals surface area (Å²) >= 11 is 7.76. The predicted molar refractivity (Wildman–Crippen MR) is 84.9 cm³/mol. The third-order valence-electron chi connectivity index (χ3n) is 3.77. The molecule has 2 aromatic heterocycles. The van der Waals surface area contributed by atoms with Gasteiger partial charge in [0, 0.05) is 9.90 Å². The van der Waals surface area contributed by atoms with E-state index < -0.39 is 0 Å². The highest BCUT2D eigenvalue weighted by atomic mass is 35.5. The second-order valence-corrected chi connectivity index (χ2v) is 6.46. The number of thiophene rings is 1. The van der Waals surface area contributed by atoms with Crippen molar-refractivity contribution in [2.75, 3.05) is 5.32 Å². The summed E-state index contributed by atoms with van der Waals surface area (Å²) in [4.78, 5) is 5.65. The Labute approximate surface area is 131 Å². The van der Waals surface area contributed by atoms with Crippen molar-refractivity contribution in [1.29, 1.82) is 0 Å². The molecule has 106 valence electrons. The molecule has 0 radical (unpaired) electrons. The first-order valence-electron chi connectivity index (χ1n) is 6.76. The number of benzene rings is 1. The minimum absolute atomic E-state index is 0.174. The topological polar surface area (TPSA) is 42.7 Å². The summed E-state index contributed by atoms with van der Waals surface area (Å²) in [5.41, 5.74) is 1.20. The quantitative estimate of drug-likeness (QED) is 0.772. The van der Waals surface area contributed by atoms with Crippen LogP contribution in [-0.4, -0.2) is 14.8 Å². The monoisotopic (exact) mass is 316 g/mol. The minimum Gasteiger partial charge on any atom is -0.347 e. The Bertz CT molecular complexity index is 735. The molecule has 6 heteroatoms. The van der Waals surface area contributed by atoms with E-state index in [0.29, 0.717) is 0 Å². The zero-order chi connectivity index (χ0) is 14.2. The molecule has 0 saturated carbocycles. The van der Waals surface area contributed by atoms with Gasteiger partial charge in [0.05, 0.1) is 12.1 Å². The molecule has 21 heavy (non-hydrogen) atoms. The van der Waals surface area contributed by atoms with Gasteiger partial charge in [0.25, 0.3) is 0 Å². The number of nitrogens with one attached hydrogen (secondary N) is 1. The summed E-state index contributed by atoms with van der Waals surface area (Å²) in [5, 5.41) is 10.7. The Morgan fingerprint density at radius 3 is 2.86 bits per heavy atom. The van der Waals surface area contributed by atoms with Crippen molar-refractivity contribution in [1.82, 2.24) is 14.8 Å². The van der Waals surface area contributed by atoms with Crippen LogP contribution in [0.25, 0.3) is 0 Å². The molecule has 0 amide bonds. The molecule has 0 spiro atoms. The number of rotatable bonds is 2. The number of hydrogen-bond acceptors (Lipinski definition) is 4. The summed E-state index contributed by atoms with van der Waals surface area (Å²) in [6.45, 7) is 0. The van der Waals surface area contributed by atoms with Gasteiger partial charge in [0.2, 0.25) is 5.95 Å². The fraction of sp³-hybridized carbons (Fsp3) is 0.200. The van der Waals surface area contributed by atoms with E-state index in [-0.39, 0.29) is 12.1 Å². The van der Waals surface area contributed by atoms with Gasteiger partial charge < -0.3 is 5.32 Å². The summed E-state index contributed by atoms with van der Waals surface area (Å²) in [7, 11) is 0. The molecule has 1 aliphatic rings. The molecule has 3 heterocycles. The number of nitrogens with zero attached hydrogens (tertiary/aromatic N) is 3. The SMILES string of the molecule is Clc1ccc(C2CC(c3cccs3)Nc3ncnn32)cc1. The maximum atomic E-state index is 5.99. The Morgan fingerprint density at radius 2 is 2.10 bits per heavy atom. The first-order valence-corrected chi connectivity index (χ1v) is 8.02. The molecule has 3 aromatic rings. The van der Waals surface area contributed by atoms with Crippen LogP contribution in [0.4, 0.5) is 5.95 Å². The standard InChI is InChI=1S/C15H13ClN4S/c16-11-5-3-10(4-6-11)13-8-12(14-2-1-7-21-14)19-15-17-9-18-20(13)15/h1-7,9,12-13H,8H2,(H,17,18,19). The number of anilines is 1. The highest BCUT2D eigenvalue weighted by molar-refractivity contribution is 7.10. The minimum atomic E-state index is 0.174. The van der Waals surface area contributed by atoms with Gasteiger partial charge >= 0.3 is 0 Å². The summed E-state index contributed by atoms with van der Waals surface area (Å²) in [6, 6.07) is 12.7. The lowest BCUT2D eigenvalue weighted by atomic mass is 9.97. The molecule has 1 aromatic carbocycles. The fourth-order valence-corrected chi connectivity index (χ4v) is 3.68. The molecule has 0 saturated heterocycles. The Hall–Kier alpha value is -1.85. The van der Waals surface area contributed by atoms with E-state index in [0.717, 1.165) is 17.4 Å². The lowest BCUT2D eigenvalue weighted by molar-refractivity contribution is 0.433. The van der Waals surface area contributed by atoms with Crippen LogP contribution in [-0.2, 0) is 0 Å². The maximum Gasteiger partial charge on any atom is 0.222 e. The van der Waals surface area contributed by atoms with Crippen LogP contribution in [0.1, 0.15) is 28.9 Å². The predicted octanol–water partition coefficient (Wildman–Crippen LogP) is 4.14. The third-order valence-corrected chi connectivity index (χ3v) is 5.01. The smallest absolute Gasteiger partial charge is 0.222 e. The van der Waals surface area contributed by atoms with Crippen LogP contribution in [0.3, 0.4) is 0 Å². The normalized spacial score (nSPS) is 20.8. The summed E-state index contributed by atoms with van der Waals surface area (Å²) in [5.74, 6) is 0.819. The van der Waals surface area contributed by atoms with Gasteiger partial charge in [0.1, 0.15) is 6.33 Å². The molecule has 1 aliphatic heterocycles. The molecule has 0 fully saturated rings. The van der Waals surface area contributed by atoms with E-state index in [2.05, 4.69) is 45.0 Å². The Balaban J connectivity index is 1.74. The van der Waals surface area contributed by atoms with Crippen molar-refractivity contribution in [3.05, 3.63) is 63.6 Å². The van der Waals surface area contributed by atoms with Crippen LogP contribution < -0.4 is 5.32 Å². The van der Waals surface area contributed by atoms with Crippen molar-refractivity contribution in [2.45, 2.75) is 18.5 Å². The molecule has 1 N–H and O–H groups in total. The van der Waals surface area contributed by atoms with Crippen LogP contribution in [0, 0.1) is 0 Å². The molecular weight excluding hydrogens is 304 g/mol. The third kappa shape index (κ3) is 2.32. The van der Waals surface area contributed by atoms with E-state index in [1.165, 1.54) is 10.4 Å². The average molecular weight is 317 g/mol. The second-order valence-electron chi connectivity index (χ2n) is 5.04.